The quantitative estimate of drug-likeness (QED) is 0.163. The number of carbonyl (C=O) groups excluding carboxylic acids is 1. The van der Waals surface area contributed by atoms with Gasteiger partial charge in [0.1, 0.15) is 5.75 Å². The van der Waals surface area contributed by atoms with Crippen LogP contribution in [0.3, 0.4) is 0 Å². The third-order valence-corrected chi connectivity index (χ3v) is 9.56. The van der Waals surface area contributed by atoms with E-state index in [4.69, 9.17) is 37.7 Å². The number of benzene rings is 3. The number of aromatic nitrogens is 2. The Morgan fingerprint density at radius 1 is 1.07 bits per heavy atom. The molecule has 0 fully saturated rings. The van der Waals surface area contributed by atoms with Crippen molar-refractivity contribution < 1.29 is 14.3 Å². The Hall–Kier alpha value is -4.11. The fourth-order valence-corrected chi connectivity index (χ4v) is 7.38. The van der Waals surface area contributed by atoms with E-state index in [0.29, 0.717) is 49.6 Å². The number of thiazole rings is 1. The molecule has 0 spiro atoms. The highest BCUT2D eigenvalue weighted by atomic mass is 35.5. The van der Waals surface area contributed by atoms with Crippen LogP contribution in [0.1, 0.15) is 56.1 Å². The number of esters is 1. The summed E-state index contributed by atoms with van der Waals surface area (Å²) in [4.78, 5) is 33.1. The minimum Gasteiger partial charge on any atom is -0.494 e. The van der Waals surface area contributed by atoms with Crippen LogP contribution in [-0.2, 0) is 16.1 Å². The number of halogens is 2. The Kier molecular flexibility index (Phi) is 8.97. The lowest BCUT2D eigenvalue weighted by Crippen LogP contribution is -2.40. The van der Waals surface area contributed by atoms with Gasteiger partial charge in [-0.25, -0.2) is 9.79 Å². The largest absolute Gasteiger partial charge is 0.494 e. The van der Waals surface area contributed by atoms with Gasteiger partial charge in [0.15, 0.2) is 4.80 Å². The third kappa shape index (κ3) is 5.93. The molecule has 7 nitrogen and oxygen atoms in total. The van der Waals surface area contributed by atoms with Gasteiger partial charge in [-0.1, -0.05) is 70.9 Å². The molecule has 0 unspecified atom stereocenters. The number of nitrogens with zero attached hydrogens (tertiary/aromatic N) is 3. The summed E-state index contributed by atoms with van der Waals surface area (Å²) in [5.41, 5.74) is 5.25. The second-order valence-electron chi connectivity index (χ2n) is 11.4. The van der Waals surface area contributed by atoms with Crippen molar-refractivity contribution in [3.8, 4) is 5.75 Å². The molecule has 0 bridgehead atoms. The van der Waals surface area contributed by atoms with Gasteiger partial charge in [-0.3, -0.25) is 9.36 Å². The molecule has 1 aliphatic rings. The van der Waals surface area contributed by atoms with Crippen LogP contribution < -0.4 is 19.6 Å². The molecule has 46 heavy (non-hydrogen) atoms. The van der Waals surface area contributed by atoms with E-state index in [1.807, 2.05) is 68.5 Å². The maximum Gasteiger partial charge on any atom is 0.338 e. The van der Waals surface area contributed by atoms with Crippen molar-refractivity contribution in [2.45, 2.75) is 53.3 Å². The summed E-state index contributed by atoms with van der Waals surface area (Å²) in [7, 11) is 0. The zero-order valence-electron chi connectivity index (χ0n) is 26.1. The molecule has 236 valence electrons. The van der Waals surface area contributed by atoms with Crippen molar-refractivity contribution >= 4 is 57.5 Å². The van der Waals surface area contributed by atoms with E-state index < -0.39 is 12.0 Å². The SMILES string of the molecule is CCOc1ccc([C@H]2C(C(=O)OC(C)C)=C(C)N=c3s/c(=C/c4c(C)n(Cc5ccc(Cl)cc5Cl)c5ccccc45)c(=O)n32)cc1. The van der Waals surface area contributed by atoms with Crippen molar-refractivity contribution in [1.29, 1.82) is 0 Å². The van der Waals surface area contributed by atoms with Crippen LogP contribution in [0.15, 0.2) is 87.8 Å². The first-order valence-corrected chi connectivity index (χ1v) is 16.6. The Bertz CT molecular complexity index is 2190. The van der Waals surface area contributed by atoms with Gasteiger partial charge >= 0.3 is 5.97 Å². The molecule has 0 saturated carbocycles. The predicted molar refractivity (Wildman–Crippen MR) is 185 cm³/mol. The van der Waals surface area contributed by atoms with Gasteiger partial charge in [0.05, 0.1) is 34.6 Å². The minimum absolute atomic E-state index is 0.234. The molecule has 10 heteroatoms. The molecule has 1 atom stereocenters. The van der Waals surface area contributed by atoms with Gasteiger partial charge in [-0.05, 0) is 82.2 Å². The van der Waals surface area contributed by atoms with Crippen molar-refractivity contribution in [2.75, 3.05) is 6.61 Å². The highest BCUT2D eigenvalue weighted by molar-refractivity contribution is 7.07. The fraction of sp³-hybridized carbons (Fsp3) is 0.250. The summed E-state index contributed by atoms with van der Waals surface area (Å²) in [6.45, 7) is 10.4. The zero-order valence-corrected chi connectivity index (χ0v) is 28.5. The standard InChI is InChI=1S/C36H33Cl2N3O4S/c1-6-44-26-15-12-23(13-16-26)33-32(35(43)45-20(2)3)21(4)39-36-41(33)34(42)31(46-36)18-28-22(5)40(30-10-8-7-9-27(28)30)19-24-11-14-25(37)17-29(24)38/h7-18,20,33H,6,19H2,1-5H3/b31-18+/t33-/m0/s1. The molecule has 0 amide bonds. The minimum atomic E-state index is -0.713. The molecule has 3 aromatic carbocycles. The van der Waals surface area contributed by atoms with Crippen molar-refractivity contribution in [2.24, 2.45) is 4.99 Å². The summed E-state index contributed by atoms with van der Waals surface area (Å²) < 4.78 is 15.6. The van der Waals surface area contributed by atoms with Crippen LogP contribution in [0.4, 0.5) is 0 Å². The fourth-order valence-electron chi connectivity index (χ4n) is 5.88. The highest BCUT2D eigenvalue weighted by Crippen LogP contribution is 2.33. The molecule has 0 saturated heterocycles. The molecule has 2 aromatic heterocycles. The summed E-state index contributed by atoms with van der Waals surface area (Å²) >= 11 is 14.0. The smallest absolute Gasteiger partial charge is 0.338 e. The highest BCUT2D eigenvalue weighted by Gasteiger charge is 2.34. The van der Waals surface area contributed by atoms with Crippen molar-refractivity contribution in [3.63, 3.8) is 0 Å². The zero-order chi connectivity index (χ0) is 32.7. The van der Waals surface area contributed by atoms with Crippen molar-refractivity contribution in [1.82, 2.24) is 9.13 Å². The van der Waals surface area contributed by atoms with Crippen LogP contribution in [-0.4, -0.2) is 27.8 Å². The van der Waals surface area contributed by atoms with Crippen LogP contribution in [0.25, 0.3) is 17.0 Å². The van der Waals surface area contributed by atoms with E-state index >= 15 is 0 Å². The summed E-state index contributed by atoms with van der Waals surface area (Å²) in [5.74, 6) is 0.210. The molecule has 5 aromatic rings. The number of para-hydroxylation sites is 1. The number of rotatable bonds is 8. The number of allylic oxidation sites excluding steroid dienone is 1. The maximum atomic E-state index is 14.3. The maximum absolute atomic E-state index is 14.3. The number of ether oxygens (including phenoxy) is 2. The molecule has 1 aliphatic heterocycles. The number of hydrogen-bond acceptors (Lipinski definition) is 6. The third-order valence-electron chi connectivity index (χ3n) is 7.99. The van der Waals surface area contributed by atoms with E-state index in [1.165, 1.54) is 11.3 Å². The van der Waals surface area contributed by atoms with Crippen LogP contribution in [0.2, 0.25) is 10.0 Å². The summed E-state index contributed by atoms with van der Waals surface area (Å²) in [5, 5.41) is 2.19. The summed E-state index contributed by atoms with van der Waals surface area (Å²) in [6.07, 6.45) is 1.60. The number of hydrogen-bond donors (Lipinski definition) is 0. The molecule has 0 N–H and O–H groups in total. The molecule has 0 aliphatic carbocycles. The second kappa shape index (κ2) is 12.9. The van der Waals surface area contributed by atoms with Gasteiger partial charge in [0.25, 0.3) is 5.56 Å². The normalized spacial score (nSPS) is 15.0. The number of carbonyl (C=O) groups is 1. The first-order chi connectivity index (χ1) is 22.1. The van der Waals surface area contributed by atoms with Crippen LogP contribution >= 0.6 is 34.5 Å². The second-order valence-corrected chi connectivity index (χ2v) is 13.2. The lowest BCUT2D eigenvalue weighted by molar-refractivity contribution is -0.143. The predicted octanol–water partition coefficient (Wildman–Crippen LogP) is 7.20. The molecule has 3 heterocycles. The van der Waals surface area contributed by atoms with Crippen LogP contribution in [0.5, 0.6) is 5.75 Å². The molecule has 6 rings (SSSR count). The average Bonchev–Trinajstić information content (AvgIpc) is 3.46. The average molecular weight is 675 g/mol. The lowest BCUT2D eigenvalue weighted by Gasteiger charge is -2.25. The Labute approximate surface area is 280 Å². The Morgan fingerprint density at radius 2 is 1.80 bits per heavy atom. The van der Waals surface area contributed by atoms with E-state index in [0.717, 1.165) is 33.3 Å². The lowest BCUT2D eigenvalue weighted by atomic mass is 9.96. The molecular formula is C36H33Cl2N3O4S. The van der Waals surface area contributed by atoms with Crippen LogP contribution in [0, 0.1) is 6.92 Å². The van der Waals surface area contributed by atoms with E-state index in [9.17, 15) is 9.59 Å². The molecular weight excluding hydrogens is 641 g/mol. The van der Waals surface area contributed by atoms with E-state index in [-0.39, 0.29) is 11.7 Å². The van der Waals surface area contributed by atoms with Gasteiger partial charge in [0, 0.05) is 38.8 Å². The van der Waals surface area contributed by atoms with E-state index in [1.54, 1.807) is 31.4 Å². The first kappa shape index (κ1) is 31.9. The summed E-state index contributed by atoms with van der Waals surface area (Å²) in [6, 6.07) is 20.4. The Balaban J connectivity index is 1.52. The van der Waals surface area contributed by atoms with Gasteiger partial charge in [0.2, 0.25) is 0 Å². The topological polar surface area (TPSA) is 74.8 Å². The monoisotopic (exact) mass is 673 g/mol. The van der Waals surface area contributed by atoms with Gasteiger partial charge in [-0.2, -0.15) is 0 Å². The van der Waals surface area contributed by atoms with Crippen molar-refractivity contribution in [3.05, 3.63) is 130 Å². The van der Waals surface area contributed by atoms with Gasteiger partial charge < -0.3 is 14.0 Å². The van der Waals surface area contributed by atoms with E-state index in [2.05, 4.69) is 16.7 Å². The number of fused-ring (bicyclic) bond motifs is 2. The molecule has 0 radical (unpaired) electrons. The Morgan fingerprint density at radius 3 is 2.50 bits per heavy atom. The van der Waals surface area contributed by atoms with Gasteiger partial charge in [-0.15, -0.1) is 0 Å². The first-order valence-electron chi connectivity index (χ1n) is 15.0.